The van der Waals surface area contributed by atoms with Gasteiger partial charge in [0.05, 0.1) is 12.0 Å². The molecule has 1 aliphatic rings. The highest BCUT2D eigenvalue weighted by Crippen LogP contribution is 2.30. The quantitative estimate of drug-likeness (QED) is 0.845. The van der Waals surface area contributed by atoms with Crippen LogP contribution in [0, 0.1) is 6.92 Å². The van der Waals surface area contributed by atoms with E-state index < -0.39 is 10.0 Å². The average molecular weight is 321 g/mol. The lowest BCUT2D eigenvalue weighted by molar-refractivity contribution is 0.311. The highest BCUT2D eigenvalue weighted by atomic mass is 32.2. The number of rotatable bonds is 3. The Morgan fingerprint density at radius 2 is 2.14 bits per heavy atom. The van der Waals surface area contributed by atoms with E-state index in [-0.39, 0.29) is 10.9 Å². The molecule has 1 saturated heterocycles. The third kappa shape index (κ3) is 2.76. The van der Waals surface area contributed by atoms with E-state index in [1.807, 2.05) is 6.92 Å². The van der Waals surface area contributed by atoms with Crippen LogP contribution in [0.3, 0.4) is 0 Å². The Balaban J connectivity index is 1.86. The fourth-order valence-corrected chi connectivity index (χ4v) is 4.36. The van der Waals surface area contributed by atoms with Crippen molar-refractivity contribution in [2.45, 2.75) is 30.7 Å². The Bertz CT molecular complexity index is 771. The zero-order valence-electron chi connectivity index (χ0n) is 12.7. The van der Waals surface area contributed by atoms with E-state index in [4.69, 9.17) is 0 Å². The van der Waals surface area contributed by atoms with Crippen LogP contribution in [0.5, 0.6) is 0 Å². The number of hydrogen-bond acceptors (Lipinski definition) is 5. The summed E-state index contributed by atoms with van der Waals surface area (Å²) in [7, 11) is -1.78. The van der Waals surface area contributed by atoms with E-state index in [0.717, 1.165) is 24.1 Å². The second-order valence-electron chi connectivity index (χ2n) is 5.67. The number of aryl methyl sites for hydroxylation is 2. The van der Waals surface area contributed by atoms with Crippen molar-refractivity contribution in [3.05, 3.63) is 36.3 Å². The van der Waals surface area contributed by atoms with Crippen LogP contribution in [-0.2, 0) is 17.1 Å². The molecule has 22 heavy (non-hydrogen) atoms. The maximum atomic E-state index is 12.7. The average Bonchev–Trinajstić information content (AvgIpc) is 2.95. The van der Waals surface area contributed by atoms with E-state index >= 15 is 0 Å². The topological polar surface area (TPSA) is 81.0 Å². The van der Waals surface area contributed by atoms with E-state index in [9.17, 15) is 8.42 Å². The summed E-state index contributed by atoms with van der Waals surface area (Å²) in [6.07, 6.45) is 8.09. The second-order valence-corrected chi connectivity index (χ2v) is 7.56. The molecule has 2 aromatic rings. The fourth-order valence-electron chi connectivity index (χ4n) is 2.87. The molecule has 1 fully saturated rings. The van der Waals surface area contributed by atoms with Gasteiger partial charge in [-0.15, -0.1) is 0 Å². The van der Waals surface area contributed by atoms with Gasteiger partial charge in [-0.2, -0.15) is 4.31 Å². The van der Waals surface area contributed by atoms with Crippen molar-refractivity contribution in [3.63, 3.8) is 0 Å². The van der Waals surface area contributed by atoms with Gasteiger partial charge in [0.2, 0.25) is 0 Å². The Morgan fingerprint density at radius 3 is 2.82 bits per heavy atom. The van der Waals surface area contributed by atoms with Crippen LogP contribution in [0.25, 0.3) is 0 Å². The zero-order valence-corrected chi connectivity index (χ0v) is 13.5. The lowest BCUT2D eigenvalue weighted by Crippen LogP contribution is -2.39. The third-order valence-corrected chi connectivity index (χ3v) is 5.74. The minimum Gasteiger partial charge on any atom is -0.339 e. The molecule has 7 nitrogen and oxygen atoms in total. The maximum absolute atomic E-state index is 12.7. The standard InChI is InChI=1S/C14H19N5O2S/c1-11-6-15-9-16-14(11)12-4-3-5-19(7-12)22(20,21)13-8-18(2)10-17-13/h6,8-10,12H,3-5,7H2,1-2H3/t12-/m0/s1. The first-order valence-corrected chi connectivity index (χ1v) is 8.67. The van der Waals surface area contributed by atoms with Crippen LogP contribution >= 0.6 is 0 Å². The van der Waals surface area contributed by atoms with Crippen LogP contribution in [0.1, 0.15) is 30.0 Å². The molecule has 0 aromatic carbocycles. The molecule has 3 heterocycles. The van der Waals surface area contributed by atoms with Gasteiger partial charge in [-0.1, -0.05) is 0 Å². The molecule has 0 bridgehead atoms. The SMILES string of the molecule is Cc1cncnc1[C@H]1CCCN(S(=O)(=O)c2cn(C)cn2)C1. The predicted molar refractivity (Wildman–Crippen MR) is 80.7 cm³/mol. The molecular formula is C14H19N5O2S. The Morgan fingerprint density at radius 1 is 1.32 bits per heavy atom. The van der Waals surface area contributed by atoms with Gasteiger partial charge in [-0.25, -0.2) is 23.4 Å². The molecule has 2 aromatic heterocycles. The maximum Gasteiger partial charge on any atom is 0.262 e. The first kappa shape index (κ1) is 15.1. The van der Waals surface area contributed by atoms with Gasteiger partial charge >= 0.3 is 0 Å². The molecule has 0 aliphatic carbocycles. The summed E-state index contributed by atoms with van der Waals surface area (Å²) < 4.78 is 28.5. The fraction of sp³-hybridized carbons (Fsp3) is 0.500. The third-order valence-electron chi connectivity index (χ3n) is 3.99. The lowest BCUT2D eigenvalue weighted by atomic mass is 9.94. The molecule has 3 rings (SSSR count). The minimum atomic E-state index is -3.54. The normalized spacial score (nSPS) is 20.2. The molecule has 0 amide bonds. The Kier molecular flexibility index (Phi) is 3.96. The summed E-state index contributed by atoms with van der Waals surface area (Å²) in [6, 6.07) is 0. The van der Waals surface area contributed by atoms with Crippen molar-refractivity contribution in [3.8, 4) is 0 Å². The number of aromatic nitrogens is 4. The summed E-state index contributed by atoms with van der Waals surface area (Å²) in [4.78, 5) is 12.3. The van der Waals surface area contributed by atoms with Crippen molar-refractivity contribution in [1.29, 1.82) is 0 Å². The lowest BCUT2D eigenvalue weighted by Gasteiger charge is -2.31. The predicted octanol–water partition coefficient (Wildman–Crippen LogP) is 1.09. The van der Waals surface area contributed by atoms with E-state index in [1.54, 1.807) is 17.8 Å². The first-order chi connectivity index (χ1) is 10.5. The van der Waals surface area contributed by atoms with E-state index in [1.165, 1.54) is 23.2 Å². The van der Waals surface area contributed by atoms with E-state index in [0.29, 0.717) is 13.1 Å². The van der Waals surface area contributed by atoms with Crippen molar-refractivity contribution < 1.29 is 8.42 Å². The van der Waals surface area contributed by atoms with Crippen LogP contribution < -0.4 is 0 Å². The zero-order chi connectivity index (χ0) is 15.7. The van der Waals surface area contributed by atoms with Crippen LogP contribution in [0.15, 0.2) is 30.1 Å². The van der Waals surface area contributed by atoms with Gasteiger partial charge in [-0.3, -0.25) is 0 Å². The molecule has 0 unspecified atom stereocenters. The number of imidazole rings is 1. The molecule has 1 aliphatic heterocycles. The van der Waals surface area contributed by atoms with Gasteiger partial charge < -0.3 is 4.57 Å². The summed E-state index contributed by atoms with van der Waals surface area (Å²) >= 11 is 0. The van der Waals surface area contributed by atoms with Gasteiger partial charge in [0, 0.05) is 38.4 Å². The van der Waals surface area contributed by atoms with E-state index in [2.05, 4.69) is 15.0 Å². The highest BCUT2D eigenvalue weighted by Gasteiger charge is 2.33. The summed E-state index contributed by atoms with van der Waals surface area (Å²) in [5.41, 5.74) is 1.94. The van der Waals surface area contributed by atoms with Gasteiger partial charge in [0.15, 0.2) is 5.03 Å². The van der Waals surface area contributed by atoms with Crippen LogP contribution in [0.4, 0.5) is 0 Å². The monoisotopic (exact) mass is 321 g/mol. The molecule has 8 heteroatoms. The molecule has 0 saturated carbocycles. The molecule has 118 valence electrons. The van der Waals surface area contributed by atoms with Crippen molar-refractivity contribution >= 4 is 10.0 Å². The molecule has 1 atom stereocenters. The summed E-state index contributed by atoms with van der Waals surface area (Å²) in [5, 5.41) is 0.107. The Labute approximate surface area is 130 Å². The Hall–Kier alpha value is -1.80. The van der Waals surface area contributed by atoms with Gasteiger partial charge in [-0.05, 0) is 25.3 Å². The summed E-state index contributed by atoms with van der Waals surface area (Å²) in [5.74, 6) is 0.107. The second kappa shape index (κ2) is 5.77. The number of sulfonamides is 1. The number of piperidine rings is 1. The minimum absolute atomic E-state index is 0.107. The molecular weight excluding hydrogens is 302 g/mol. The van der Waals surface area contributed by atoms with Crippen LogP contribution in [0.2, 0.25) is 0 Å². The number of nitrogens with zero attached hydrogens (tertiary/aromatic N) is 5. The van der Waals surface area contributed by atoms with Gasteiger partial charge in [0.1, 0.15) is 6.33 Å². The first-order valence-electron chi connectivity index (χ1n) is 7.23. The smallest absolute Gasteiger partial charge is 0.262 e. The van der Waals surface area contributed by atoms with Crippen molar-refractivity contribution in [1.82, 2.24) is 23.8 Å². The summed E-state index contributed by atoms with van der Waals surface area (Å²) in [6.45, 7) is 2.93. The highest BCUT2D eigenvalue weighted by molar-refractivity contribution is 7.89. The molecule has 0 radical (unpaired) electrons. The van der Waals surface area contributed by atoms with Crippen molar-refractivity contribution in [2.75, 3.05) is 13.1 Å². The largest absolute Gasteiger partial charge is 0.339 e. The number of hydrogen-bond donors (Lipinski definition) is 0. The molecule has 0 N–H and O–H groups in total. The van der Waals surface area contributed by atoms with Crippen molar-refractivity contribution in [2.24, 2.45) is 7.05 Å². The van der Waals surface area contributed by atoms with Gasteiger partial charge in [0.25, 0.3) is 10.0 Å². The molecule has 0 spiro atoms. The van der Waals surface area contributed by atoms with Crippen LogP contribution in [-0.4, -0.2) is 45.3 Å².